The van der Waals surface area contributed by atoms with Crippen molar-refractivity contribution in [3.05, 3.63) is 36.0 Å². The molecule has 2 N–H and O–H groups in total. The van der Waals surface area contributed by atoms with Gasteiger partial charge < -0.3 is 15.4 Å². The molecule has 1 unspecified atom stereocenters. The first kappa shape index (κ1) is 16.6. The van der Waals surface area contributed by atoms with E-state index in [1.165, 1.54) is 10.9 Å². The molecule has 136 valence electrons. The van der Waals surface area contributed by atoms with Gasteiger partial charge in [-0.05, 0) is 49.9 Å². The maximum Gasteiger partial charge on any atom is 0.226 e. The van der Waals surface area contributed by atoms with Crippen molar-refractivity contribution in [3.8, 4) is 11.4 Å². The Balaban J connectivity index is 1.58. The molecule has 2 aromatic rings. The quantitative estimate of drug-likeness (QED) is 0.830. The number of carbonyl (C=O) groups is 2. The molecule has 1 saturated heterocycles. The minimum absolute atomic E-state index is 0.113. The fourth-order valence-electron chi connectivity index (χ4n) is 3.52. The van der Waals surface area contributed by atoms with Crippen LogP contribution in [0, 0.1) is 5.92 Å². The van der Waals surface area contributed by atoms with E-state index in [0.717, 1.165) is 30.7 Å². The molecule has 1 aromatic heterocycles. The molecule has 1 aromatic carbocycles. The predicted octanol–water partition coefficient (Wildman–Crippen LogP) is 2.05. The van der Waals surface area contributed by atoms with Crippen LogP contribution >= 0.6 is 0 Å². The van der Waals surface area contributed by atoms with E-state index >= 15 is 0 Å². The third-order valence-electron chi connectivity index (χ3n) is 5.15. The lowest BCUT2D eigenvalue weighted by Gasteiger charge is -2.23. The number of likely N-dealkylation sites (tertiary alicyclic amines) is 1. The normalized spacial score (nSPS) is 19.6. The van der Waals surface area contributed by atoms with Gasteiger partial charge in [0, 0.05) is 12.5 Å². The fraction of sp³-hybridized carbons (Fsp3) is 0.421. The van der Waals surface area contributed by atoms with Crippen LogP contribution in [0.25, 0.3) is 5.69 Å². The molecule has 0 spiro atoms. The first-order valence-electron chi connectivity index (χ1n) is 8.92. The summed E-state index contributed by atoms with van der Waals surface area (Å²) in [4.78, 5) is 27.2. The van der Waals surface area contributed by atoms with E-state index in [4.69, 9.17) is 10.5 Å². The highest BCUT2D eigenvalue weighted by Gasteiger charge is 2.41. The molecule has 7 nitrogen and oxygen atoms in total. The summed E-state index contributed by atoms with van der Waals surface area (Å²) < 4.78 is 6.69. The van der Waals surface area contributed by atoms with Crippen LogP contribution in [-0.4, -0.2) is 46.1 Å². The Kier molecular flexibility index (Phi) is 4.14. The molecule has 7 heteroatoms. The van der Waals surface area contributed by atoms with E-state index < -0.39 is 6.04 Å². The molecule has 1 aliphatic heterocycles. The highest BCUT2D eigenvalue weighted by Crippen LogP contribution is 2.34. The van der Waals surface area contributed by atoms with Crippen molar-refractivity contribution in [2.24, 2.45) is 5.92 Å². The summed E-state index contributed by atoms with van der Waals surface area (Å²) >= 11 is 0. The van der Waals surface area contributed by atoms with Crippen LogP contribution in [0.1, 0.15) is 36.0 Å². The average molecular weight is 354 g/mol. The molecule has 26 heavy (non-hydrogen) atoms. The summed E-state index contributed by atoms with van der Waals surface area (Å²) in [5.74, 6) is 1.14. The van der Waals surface area contributed by atoms with Gasteiger partial charge >= 0.3 is 0 Å². The zero-order valence-corrected chi connectivity index (χ0v) is 14.7. The lowest BCUT2D eigenvalue weighted by Crippen LogP contribution is -2.41. The maximum atomic E-state index is 13.0. The Morgan fingerprint density at radius 1 is 1.19 bits per heavy atom. The number of carbonyl (C=O) groups excluding carboxylic acids is 2. The number of methoxy groups -OCH3 is 1. The van der Waals surface area contributed by atoms with Crippen molar-refractivity contribution in [2.75, 3.05) is 19.4 Å². The molecule has 4 rings (SSSR count). The smallest absolute Gasteiger partial charge is 0.226 e. The van der Waals surface area contributed by atoms with Crippen LogP contribution in [0.5, 0.6) is 5.75 Å². The molecule has 2 heterocycles. The van der Waals surface area contributed by atoms with Crippen molar-refractivity contribution in [2.45, 2.75) is 31.7 Å². The number of hydrogen-bond acceptors (Lipinski definition) is 5. The van der Waals surface area contributed by atoms with Crippen LogP contribution in [0.2, 0.25) is 0 Å². The molecule has 2 fully saturated rings. The number of amides is 1. The highest BCUT2D eigenvalue weighted by molar-refractivity contribution is 6.05. The number of Topliss-reactive ketones (excluding diaryl/α,β-unsaturated/α-hetero) is 1. The SMILES string of the molecule is COc1ccc(-n2ncc(C(=O)C3CCCN3C(=O)C3CC3)c2N)cc1. The van der Waals surface area contributed by atoms with Gasteiger partial charge in [0.25, 0.3) is 0 Å². The first-order valence-corrected chi connectivity index (χ1v) is 8.92. The van der Waals surface area contributed by atoms with E-state index in [9.17, 15) is 9.59 Å². The third kappa shape index (κ3) is 2.83. The lowest BCUT2D eigenvalue weighted by atomic mass is 10.0. The number of aromatic nitrogens is 2. The second kappa shape index (κ2) is 6.48. The molecule has 1 atom stereocenters. The van der Waals surface area contributed by atoms with Gasteiger partial charge in [0.15, 0.2) is 5.78 Å². The van der Waals surface area contributed by atoms with Crippen LogP contribution in [-0.2, 0) is 4.79 Å². The topological polar surface area (TPSA) is 90.5 Å². The van der Waals surface area contributed by atoms with Crippen LogP contribution in [0.3, 0.4) is 0 Å². The molecular formula is C19H22N4O3. The lowest BCUT2D eigenvalue weighted by molar-refractivity contribution is -0.132. The molecule has 1 aliphatic carbocycles. The second-order valence-corrected chi connectivity index (χ2v) is 6.88. The van der Waals surface area contributed by atoms with Crippen molar-refractivity contribution in [1.29, 1.82) is 0 Å². The zero-order chi connectivity index (χ0) is 18.3. The summed E-state index contributed by atoms with van der Waals surface area (Å²) in [7, 11) is 1.60. The van der Waals surface area contributed by atoms with Crippen molar-refractivity contribution in [1.82, 2.24) is 14.7 Å². The Morgan fingerprint density at radius 3 is 2.58 bits per heavy atom. The van der Waals surface area contributed by atoms with Gasteiger partial charge in [-0.1, -0.05) is 0 Å². The number of nitrogens with two attached hydrogens (primary N) is 1. The Labute approximate surface area is 151 Å². The summed E-state index contributed by atoms with van der Waals surface area (Å²) in [6, 6.07) is 6.86. The van der Waals surface area contributed by atoms with Crippen molar-refractivity contribution < 1.29 is 14.3 Å². The molecule has 1 saturated carbocycles. The van der Waals surface area contributed by atoms with E-state index in [1.54, 1.807) is 12.0 Å². The van der Waals surface area contributed by atoms with Gasteiger partial charge in [-0.25, -0.2) is 4.68 Å². The Hall–Kier alpha value is -2.83. The predicted molar refractivity (Wildman–Crippen MR) is 96.3 cm³/mol. The van der Waals surface area contributed by atoms with Gasteiger partial charge in [-0.2, -0.15) is 5.10 Å². The Bertz CT molecular complexity index is 839. The van der Waals surface area contributed by atoms with E-state index in [2.05, 4.69) is 5.10 Å². The number of ether oxygens (including phenoxy) is 1. The Morgan fingerprint density at radius 2 is 1.92 bits per heavy atom. The average Bonchev–Trinajstić information content (AvgIpc) is 3.27. The first-order chi connectivity index (χ1) is 12.6. The number of hydrogen-bond donors (Lipinski definition) is 1. The second-order valence-electron chi connectivity index (χ2n) is 6.88. The molecular weight excluding hydrogens is 332 g/mol. The number of ketones is 1. The molecule has 0 bridgehead atoms. The van der Waals surface area contributed by atoms with Gasteiger partial charge in [0.05, 0.1) is 30.6 Å². The number of nitrogens with zero attached hydrogens (tertiary/aromatic N) is 3. The fourth-order valence-corrected chi connectivity index (χ4v) is 3.52. The van der Waals surface area contributed by atoms with E-state index in [-0.39, 0.29) is 17.6 Å². The summed E-state index contributed by atoms with van der Waals surface area (Å²) in [6.45, 7) is 0.651. The number of anilines is 1. The zero-order valence-electron chi connectivity index (χ0n) is 14.7. The van der Waals surface area contributed by atoms with Crippen LogP contribution < -0.4 is 10.5 Å². The molecule has 2 aliphatic rings. The molecule has 0 radical (unpaired) electrons. The van der Waals surface area contributed by atoms with Gasteiger partial charge in [-0.15, -0.1) is 0 Å². The molecule has 1 amide bonds. The summed E-state index contributed by atoms with van der Waals surface area (Å²) in [5.41, 5.74) is 7.34. The number of nitrogen functional groups attached to an aromatic ring is 1. The minimum Gasteiger partial charge on any atom is -0.497 e. The van der Waals surface area contributed by atoms with Crippen LogP contribution in [0.4, 0.5) is 5.82 Å². The standard InChI is InChI=1S/C19H22N4O3/c1-26-14-8-6-13(7-9-14)23-18(20)15(11-21-23)17(24)16-3-2-10-22(16)19(25)12-4-5-12/h6-9,11-12,16H,2-5,10,20H2,1H3. The monoisotopic (exact) mass is 354 g/mol. The minimum atomic E-state index is -0.418. The van der Waals surface area contributed by atoms with E-state index in [0.29, 0.717) is 24.3 Å². The van der Waals surface area contributed by atoms with Crippen molar-refractivity contribution in [3.63, 3.8) is 0 Å². The summed E-state index contributed by atoms with van der Waals surface area (Å²) in [5, 5.41) is 4.28. The van der Waals surface area contributed by atoms with Gasteiger partial charge in [0.2, 0.25) is 5.91 Å². The maximum absolute atomic E-state index is 13.0. The van der Waals surface area contributed by atoms with E-state index in [1.807, 2.05) is 24.3 Å². The van der Waals surface area contributed by atoms with Gasteiger partial charge in [-0.3, -0.25) is 9.59 Å². The third-order valence-corrected chi connectivity index (χ3v) is 5.15. The van der Waals surface area contributed by atoms with Crippen molar-refractivity contribution >= 4 is 17.5 Å². The number of rotatable bonds is 5. The largest absolute Gasteiger partial charge is 0.497 e. The summed E-state index contributed by atoms with van der Waals surface area (Å²) in [6.07, 6.45) is 4.91. The van der Waals surface area contributed by atoms with Gasteiger partial charge in [0.1, 0.15) is 11.6 Å². The number of benzene rings is 1. The van der Waals surface area contributed by atoms with Crippen LogP contribution in [0.15, 0.2) is 30.5 Å². The highest BCUT2D eigenvalue weighted by atomic mass is 16.5.